The van der Waals surface area contributed by atoms with Crippen LogP contribution in [0.4, 0.5) is 0 Å². The first-order valence-corrected chi connectivity index (χ1v) is 5.89. The van der Waals surface area contributed by atoms with Gasteiger partial charge in [0.25, 0.3) is 0 Å². The first-order chi connectivity index (χ1) is 8.28. The Labute approximate surface area is 103 Å². The average molecular weight is 226 g/mol. The van der Waals surface area contributed by atoms with Gasteiger partial charge in [-0.05, 0) is 30.5 Å². The van der Waals surface area contributed by atoms with Crippen molar-refractivity contribution in [3.8, 4) is 5.75 Å². The number of hydrogen-bond donors (Lipinski definition) is 0. The van der Waals surface area contributed by atoms with E-state index in [0.29, 0.717) is 0 Å². The molecule has 1 aromatic carbocycles. The average Bonchev–Trinajstić information content (AvgIpc) is 2.41. The fourth-order valence-electron chi connectivity index (χ4n) is 2.16. The minimum atomic E-state index is 0.0728. The van der Waals surface area contributed by atoms with Gasteiger partial charge >= 0.3 is 0 Å². The van der Waals surface area contributed by atoms with Gasteiger partial charge in [-0.2, -0.15) is 0 Å². The molecule has 0 aliphatic heterocycles. The topological polar surface area (TPSA) is 9.23 Å². The molecule has 0 fully saturated rings. The van der Waals surface area contributed by atoms with Crippen molar-refractivity contribution in [1.29, 1.82) is 0 Å². The second-order valence-corrected chi connectivity index (χ2v) is 4.45. The van der Waals surface area contributed by atoms with Crippen LogP contribution in [0, 0.1) is 5.41 Å². The van der Waals surface area contributed by atoms with Crippen molar-refractivity contribution in [2.45, 2.75) is 12.8 Å². The molecule has 0 aromatic heterocycles. The number of rotatable bonds is 4. The monoisotopic (exact) mass is 226 g/mol. The van der Waals surface area contributed by atoms with Gasteiger partial charge in [0.15, 0.2) is 0 Å². The van der Waals surface area contributed by atoms with Crippen molar-refractivity contribution in [2.75, 3.05) is 7.11 Å². The summed E-state index contributed by atoms with van der Waals surface area (Å²) in [7, 11) is 1.69. The predicted octanol–water partition coefficient (Wildman–Crippen LogP) is 3.93. The lowest BCUT2D eigenvalue weighted by Crippen LogP contribution is -2.18. The smallest absolute Gasteiger partial charge is 0.118 e. The van der Waals surface area contributed by atoms with E-state index in [9.17, 15) is 0 Å². The fraction of sp³-hybridized carbons (Fsp3) is 0.250. The molecule has 88 valence electrons. The summed E-state index contributed by atoms with van der Waals surface area (Å²) >= 11 is 0. The maximum atomic E-state index is 5.17. The molecule has 0 bridgehead atoms. The first kappa shape index (κ1) is 11.7. The molecule has 1 aliphatic rings. The van der Waals surface area contributed by atoms with E-state index in [1.54, 1.807) is 7.11 Å². The number of methoxy groups -OCH3 is 1. The predicted molar refractivity (Wildman–Crippen MR) is 72.2 cm³/mol. The van der Waals surface area contributed by atoms with Gasteiger partial charge < -0.3 is 4.74 Å². The molecular weight excluding hydrogens is 208 g/mol. The summed E-state index contributed by atoms with van der Waals surface area (Å²) in [4.78, 5) is 0. The Morgan fingerprint density at radius 2 is 2.06 bits per heavy atom. The van der Waals surface area contributed by atoms with Gasteiger partial charge in [0.2, 0.25) is 0 Å². The maximum absolute atomic E-state index is 5.17. The minimum Gasteiger partial charge on any atom is -0.497 e. The van der Waals surface area contributed by atoms with Crippen LogP contribution in [0.2, 0.25) is 0 Å². The van der Waals surface area contributed by atoms with Crippen molar-refractivity contribution in [3.63, 3.8) is 0 Å². The van der Waals surface area contributed by atoms with Gasteiger partial charge in [0.05, 0.1) is 7.11 Å². The second kappa shape index (κ2) is 5.05. The lowest BCUT2D eigenvalue weighted by atomic mass is 9.77. The van der Waals surface area contributed by atoms with Crippen molar-refractivity contribution >= 4 is 0 Å². The van der Waals surface area contributed by atoms with Crippen LogP contribution in [0.15, 0.2) is 61.2 Å². The molecule has 1 nitrogen and oxygen atoms in total. The third-order valence-corrected chi connectivity index (χ3v) is 3.27. The molecule has 1 aliphatic carbocycles. The summed E-state index contributed by atoms with van der Waals surface area (Å²) in [6, 6.07) is 8.26. The summed E-state index contributed by atoms with van der Waals surface area (Å²) in [5.41, 5.74) is 1.38. The highest BCUT2D eigenvalue weighted by molar-refractivity contribution is 5.31. The third-order valence-electron chi connectivity index (χ3n) is 3.27. The number of benzene rings is 1. The first-order valence-electron chi connectivity index (χ1n) is 5.89. The Hall–Kier alpha value is -1.76. The number of ether oxygens (including phenoxy) is 1. The third kappa shape index (κ3) is 2.68. The van der Waals surface area contributed by atoms with Crippen LogP contribution in [0.25, 0.3) is 0 Å². The van der Waals surface area contributed by atoms with Gasteiger partial charge in [0.1, 0.15) is 5.75 Å². The summed E-state index contributed by atoms with van der Waals surface area (Å²) in [6.07, 6.45) is 12.7. The Kier molecular flexibility index (Phi) is 3.48. The van der Waals surface area contributed by atoms with Crippen LogP contribution >= 0.6 is 0 Å². The quantitative estimate of drug-likeness (QED) is 0.707. The van der Waals surface area contributed by atoms with E-state index in [2.05, 4.69) is 49.1 Å². The highest BCUT2D eigenvalue weighted by Crippen LogP contribution is 2.33. The lowest BCUT2D eigenvalue weighted by molar-refractivity contribution is 0.414. The Morgan fingerprint density at radius 3 is 2.59 bits per heavy atom. The molecule has 0 saturated carbocycles. The van der Waals surface area contributed by atoms with Crippen molar-refractivity contribution in [2.24, 2.45) is 5.41 Å². The Bertz CT molecular complexity index is 439. The van der Waals surface area contributed by atoms with Crippen LogP contribution in [-0.4, -0.2) is 7.11 Å². The zero-order valence-corrected chi connectivity index (χ0v) is 10.2. The standard InChI is InChI=1S/C16H18O/c1-3-16(11-5-4-6-12-16)13-14-7-9-15(17-2)10-8-14/h3-11H,1,12-13H2,2H3. The van der Waals surface area contributed by atoms with E-state index in [1.807, 2.05) is 12.1 Å². The largest absolute Gasteiger partial charge is 0.497 e. The van der Waals surface area contributed by atoms with Gasteiger partial charge in [-0.3, -0.25) is 0 Å². The van der Waals surface area contributed by atoms with Crippen LogP contribution in [0.1, 0.15) is 12.0 Å². The number of hydrogen-bond acceptors (Lipinski definition) is 1. The van der Waals surface area contributed by atoms with E-state index in [4.69, 9.17) is 4.74 Å². The summed E-state index contributed by atoms with van der Waals surface area (Å²) < 4.78 is 5.17. The summed E-state index contributed by atoms with van der Waals surface area (Å²) in [5.74, 6) is 0.903. The van der Waals surface area contributed by atoms with E-state index in [0.717, 1.165) is 18.6 Å². The van der Waals surface area contributed by atoms with Gasteiger partial charge in [0, 0.05) is 5.41 Å². The molecule has 1 atom stereocenters. The van der Waals surface area contributed by atoms with Crippen molar-refractivity contribution in [3.05, 3.63) is 66.8 Å². The maximum Gasteiger partial charge on any atom is 0.118 e. The Morgan fingerprint density at radius 1 is 1.29 bits per heavy atom. The van der Waals surface area contributed by atoms with E-state index >= 15 is 0 Å². The van der Waals surface area contributed by atoms with Crippen LogP contribution < -0.4 is 4.74 Å². The van der Waals surface area contributed by atoms with E-state index in [-0.39, 0.29) is 5.41 Å². The van der Waals surface area contributed by atoms with Crippen LogP contribution in [-0.2, 0) is 6.42 Å². The second-order valence-electron chi connectivity index (χ2n) is 4.45. The van der Waals surface area contributed by atoms with Gasteiger partial charge in [-0.1, -0.05) is 42.5 Å². The van der Waals surface area contributed by atoms with E-state index < -0.39 is 0 Å². The minimum absolute atomic E-state index is 0.0728. The molecule has 1 heteroatoms. The van der Waals surface area contributed by atoms with Gasteiger partial charge in [-0.15, -0.1) is 6.58 Å². The molecule has 17 heavy (non-hydrogen) atoms. The SMILES string of the molecule is C=CC1(Cc2ccc(OC)cc2)C=CC=CC1. The van der Waals surface area contributed by atoms with Gasteiger partial charge in [-0.25, -0.2) is 0 Å². The van der Waals surface area contributed by atoms with Crippen molar-refractivity contribution < 1.29 is 4.74 Å². The molecule has 1 aromatic rings. The molecule has 0 saturated heterocycles. The molecule has 2 rings (SSSR count). The molecular formula is C16H18O. The molecule has 0 N–H and O–H groups in total. The lowest BCUT2D eigenvalue weighted by Gasteiger charge is -2.27. The Balaban J connectivity index is 2.15. The van der Waals surface area contributed by atoms with E-state index in [1.165, 1.54) is 5.56 Å². The molecule has 0 heterocycles. The molecule has 0 radical (unpaired) electrons. The highest BCUT2D eigenvalue weighted by atomic mass is 16.5. The molecule has 0 spiro atoms. The molecule has 1 unspecified atom stereocenters. The van der Waals surface area contributed by atoms with Crippen molar-refractivity contribution in [1.82, 2.24) is 0 Å². The van der Waals surface area contributed by atoms with Crippen LogP contribution in [0.5, 0.6) is 5.75 Å². The summed E-state index contributed by atoms with van der Waals surface area (Å²) in [5, 5.41) is 0. The zero-order valence-electron chi connectivity index (χ0n) is 10.2. The highest BCUT2D eigenvalue weighted by Gasteiger charge is 2.23. The normalized spacial score (nSPS) is 22.4. The fourth-order valence-corrected chi connectivity index (χ4v) is 2.16. The number of allylic oxidation sites excluding steroid dienone is 5. The molecule has 0 amide bonds. The zero-order chi connectivity index (χ0) is 12.1. The summed E-state index contributed by atoms with van der Waals surface area (Å²) in [6.45, 7) is 3.98. The van der Waals surface area contributed by atoms with Crippen LogP contribution in [0.3, 0.4) is 0 Å².